The third-order valence-corrected chi connectivity index (χ3v) is 10.1. The fourth-order valence-corrected chi connectivity index (χ4v) is 7.48. The smallest absolute Gasteiger partial charge is 0.245 e. The summed E-state index contributed by atoms with van der Waals surface area (Å²) in [5, 5.41) is 7.20. The number of fused-ring (bicyclic) bond motifs is 1. The number of nitrogens with zero attached hydrogens (tertiary/aromatic N) is 3. The van der Waals surface area contributed by atoms with Gasteiger partial charge in [-0.2, -0.15) is 0 Å². The highest BCUT2D eigenvalue weighted by Crippen LogP contribution is 2.27. The van der Waals surface area contributed by atoms with Gasteiger partial charge in [0, 0.05) is 55.7 Å². The lowest BCUT2D eigenvalue weighted by atomic mass is 9.93. The molecular formula is C36H52ClN5O2. The zero-order valence-electron chi connectivity index (χ0n) is 27.1. The quantitative estimate of drug-likeness (QED) is 0.395. The van der Waals surface area contributed by atoms with Crippen LogP contribution in [0.1, 0.15) is 70.1 Å². The summed E-state index contributed by atoms with van der Waals surface area (Å²) < 4.78 is 0. The second-order valence-corrected chi connectivity index (χ2v) is 14.2. The monoisotopic (exact) mass is 621 g/mol. The van der Waals surface area contributed by atoms with Crippen LogP contribution < -0.4 is 10.6 Å². The maximum absolute atomic E-state index is 14.1. The maximum atomic E-state index is 14.1. The standard InChI is InChI=1S/C36H52ClN5O2/c1-25(2)24-42(31-13-17-40(18-14-31)26(3)4)32-15-19-41(20-16-32)36(44)34(21-27-9-11-30(37)12-10-27)39-35(43)33-22-28-7-5-6-8-29(28)23-38-33/h5-12,25-26,31-34,38H,13-24H2,1-4H3,(H,39,43)/t33-,34-/m1/s1. The number of halogens is 1. The molecule has 0 bridgehead atoms. The molecule has 0 aromatic heterocycles. The zero-order valence-corrected chi connectivity index (χ0v) is 27.9. The second-order valence-electron chi connectivity index (χ2n) is 13.8. The van der Waals surface area contributed by atoms with Crippen molar-refractivity contribution in [2.45, 2.75) is 103 Å². The Morgan fingerprint density at radius 1 is 0.909 bits per heavy atom. The highest BCUT2D eigenvalue weighted by Gasteiger charge is 2.36. The summed E-state index contributed by atoms with van der Waals surface area (Å²) in [5.41, 5.74) is 3.40. The molecule has 240 valence electrons. The minimum absolute atomic E-state index is 0.0172. The number of benzene rings is 2. The first kappa shape index (κ1) is 32.9. The van der Waals surface area contributed by atoms with E-state index in [9.17, 15) is 9.59 Å². The van der Waals surface area contributed by atoms with Gasteiger partial charge < -0.3 is 20.4 Å². The van der Waals surface area contributed by atoms with Crippen molar-refractivity contribution in [3.05, 3.63) is 70.2 Å². The Kier molecular flexibility index (Phi) is 11.4. The molecule has 2 amide bonds. The average Bonchev–Trinajstić information content (AvgIpc) is 3.03. The molecule has 0 aliphatic carbocycles. The van der Waals surface area contributed by atoms with Crippen LogP contribution in [0, 0.1) is 5.92 Å². The van der Waals surface area contributed by atoms with Crippen LogP contribution in [0.25, 0.3) is 0 Å². The average molecular weight is 622 g/mol. The Labute approximate surface area is 269 Å². The van der Waals surface area contributed by atoms with E-state index in [0.717, 1.165) is 38.0 Å². The molecule has 7 nitrogen and oxygen atoms in total. The lowest BCUT2D eigenvalue weighted by Gasteiger charge is -2.46. The normalized spacial score (nSPS) is 21.1. The van der Waals surface area contributed by atoms with E-state index in [1.165, 1.54) is 37.1 Å². The number of amides is 2. The van der Waals surface area contributed by atoms with Crippen LogP contribution in [0.15, 0.2) is 48.5 Å². The molecule has 2 aromatic rings. The van der Waals surface area contributed by atoms with Crippen LogP contribution in [0.2, 0.25) is 5.02 Å². The van der Waals surface area contributed by atoms with E-state index >= 15 is 0 Å². The molecule has 2 aromatic carbocycles. The first-order valence-corrected chi connectivity index (χ1v) is 17.2. The molecule has 2 N–H and O–H groups in total. The van der Waals surface area contributed by atoms with Gasteiger partial charge in [0.25, 0.3) is 0 Å². The number of hydrogen-bond donors (Lipinski definition) is 2. The Hall–Kier alpha value is -2.45. The van der Waals surface area contributed by atoms with Crippen molar-refractivity contribution in [2.75, 3.05) is 32.7 Å². The molecule has 2 saturated heterocycles. The van der Waals surface area contributed by atoms with Crippen LogP contribution >= 0.6 is 11.6 Å². The van der Waals surface area contributed by atoms with E-state index in [1.54, 1.807) is 0 Å². The van der Waals surface area contributed by atoms with Gasteiger partial charge in [0.1, 0.15) is 6.04 Å². The first-order chi connectivity index (χ1) is 21.2. The van der Waals surface area contributed by atoms with Crippen LogP contribution in [0.5, 0.6) is 0 Å². The number of carbonyl (C=O) groups excluding carboxylic acids is 2. The van der Waals surface area contributed by atoms with Gasteiger partial charge in [-0.15, -0.1) is 0 Å². The van der Waals surface area contributed by atoms with Crippen LogP contribution in [0.3, 0.4) is 0 Å². The highest BCUT2D eigenvalue weighted by atomic mass is 35.5. The Morgan fingerprint density at radius 2 is 1.52 bits per heavy atom. The predicted octanol–water partition coefficient (Wildman–Crippen LogP) is 4.90. The number of carbonyl (C=O) groups is 2. The van der Waals surface area contributed by atoms with E-state index < -0.39 is 6.04 Å². The molecule has 3 aliphatic rings. The van der Waals surface area contributed by atoms with Gasteiger partial charge in [-0.25, -0.2) is 0 Å². The number of likely N-dealkylation sites (tertiary alicyclic amines) is 2. The maximum Gasteiger partial charge on any atom is 0.245 e. The van der Waals surface area contributed by atoms with E-state index in [4.69, 9.17) is 11.6 Å². The van der Waals surface area contributed by atoms with Gasteiger partial charge in [0.15, 0.2) is 0 Å². The molecular weight excluding hydrogens is 570 g/mol. The second kappa shape index (κ2) is 15.2. The van der Waals surface area contributed by atoms with E-state index in [2.05, 4.69) is 60.3 Å². The SMILES string of the molecule is CC(C)CN(C1CCN(C(=O)[C@@H](Cc2ccc(Cl)cc2)NC(=O)[C@H]2Cc3ccccc3CN2)CC1)C1CCN(C(C)C)CC1. The van der Waals surface area contributed by atoms with E-state index in [1.807, 2.05) is 41.3 Å². The molecule has 0 spiro atoms. The summed E-state index contributed by atoms with van der Waals surface area (Å²) in [5.74, 6) is 0.512. The Balaban J connectivity index is 1.24. The van der Waals surface area contributed by atoms with Crippen LogP contribution in [-0.2, 0) is 29.0 Å². The first-order valence-electron chi connectivity index (χ1n) is 16.8. The van der Waals surface area contributed by atoms with Gasteiger partial charge in [-0.1, -0.05) is 61.8 Å². The molecule has 0 unspecified atom stereocenters. The third kappa shape index (κ3) is 8.42. The minimum atomic E-state index is -0.619. The molecule has 5 rings (SSSR count). The molecule has 0 saturated carbocycles. The molecule has 3 aliphatic heterocycles. The van der Waals surface area contributed by atoms with Crippen molar-refractivity contribution in [3.8, 4) is 0 Å². The summed E-state index contributed by atoms with van der Waals surface area (Å²) in [6.07, 6.45) is 5.46. The minimum Gasteiger partial charge on any atom is -0.343 e. The van der Waals surface area contributed by atoms with Crippen molar-refractivity contribution < 1.29 is 9.59 Å². The van der Waals surface area contributed by atoms with E-state index in [-0.39, 0.29) is 17.9 Å². The van der Waals surface area contributed by atoms with Gasteiger partial charge in [0.2, 0.25) is 11.8 Å². The summed E-state index contributed by atoms with van der Waals surface area (Å²) in [6, 6.07) is 16.6. The van der Waals surface area contributed by atoms with Crippen LogP contribution in [-0.4, -0.2) is 89.4 Å². The van der Waals surface area contributed by atoms with Crippen molar-refractivity contribution in [3.63, 3.8) is 0 Å². The fourth-order valence-electron chi connectivity index (χ4n) is 7.36. The Morgan fingerprint density at radius 3 is 2.14 bits per heavy atom. The lowest BCUT2D eigenvalue weighted by molar-refractivity contribution is -0.138. The number of rotatable bonds is 10. The highest BCUT2D eigenvalue weighted by molar-refractivity contribution is 6.30. The number of nitrogens with one attached hydrogen (secondary N) is 2. The predicted molar refractivity (Wildman–Crippen MR) is 179 cm³/mol. The summed E-state index contributed by atoms with van der Waals surface area (Å²) in [4.78, 5) is 35.0. The zero-order chi connectivity index (χ0) is 31.2. The van der Waals surface area contributed by atoms with Crippen molar-refractivity contribution in [1.29, 1.82) is 0 Å². The third-order valence-electron chi connectivity index (χ3n) is 9.89. The van der Waals surface area contributed by atoms with Gasteiger partial charge in [-0.05, 0) is 93.8 Å². The Bertz CT molecular complexity index is 1240. The van der Waals surface area contributed by atoms with Crippen LogP contribution in [0.4, 0.5) is 0 Å². The van der Waals surface area contributed by atoms with Gasteiger partial charge in [0.05, 0.1) is 6.04 Å². The molecule has 0 radical (unpaired) electrons. The summed E-state index contributed by atoms with van der Waals surface area (Å²) >= 11 is 6.15. The molecule has 3 heterocycles. The molecule has 2 atom stereocenters. The molecule has 8 heteroatoms. The number of hydrogen-bond acceptors (Lipinski definition) is 5. The van der Waals surface area contributed by atoms with E-state index in [0.29, 0.717) is 48.5 Å². The molecule has 44 heavy (non-hydrogen) atoms. The fraction of sp³-hybridized carbons (Fsp3) is 0.611. The van der Waals surface area contributed by atoms with Crippen molar-refractivity contribution in [2.24, 2.45) is 5.92 Å². The number of piperidine rings is 2. The van der Waals surface area contributed by atoms with Crippen molar-refractivity contribution >= 4 is 23.4 Å². The largest absolute Gasteiger partial charge is 0.343 e. The molecule has 2 fully saturated rings. The van der Waals surface area contributed by atoms with Gasteiger partial charge >= 0.3 is 0 Å². The summed E-state index contributed by atoms with van der Waals surface area (Å²) in [6.45, 7) is 14.8. The summed E-state index contributed by atoms with van der Waals surface area (Å²) in [7, 11) is 0. The van der Waals surface area contributed by atoms with Crippen molar-refractivity contribution in [1.82, 2.24) is 25.3 Å². The van der Waals surface area contributed by atoms with Gasteiger partial charge in [-0.3, -0.25) is 14.5 Å². The topological polar surface area (TPSA) is 67.9 Å². The lowest BCUT2D eigenvalue weighted by Crippen LogP contribution is -2.58.